The number of carbonyl (C=O) groups is 2. The summed E-state index contributed by atoms with van der Waals surface area (Å²) in [4.78, 5) is 28.5. The van der Waals surface area contributed by atoms with Crippen LogP contribution in [0.25, 0.3) is 5.57 Å². The SMILES string of the molecule is CCOc1ccc(C2=C(SC(C)C)C(=O)N(c3cccc(C)c3C)C2=O)cc1. The maximum absolute atomic E-state index is 13.4. The van der Waals surface area contributed by atoms with Crippen molar-refractivity contribution in [1.82, 2.24) is 0 Å². The number of hydrogen-bond acceptors (Lipinski definition) is 4. The lowest BCUT2D eigenvalue weighted by atomic mass is 10.1. The zero-order valence-corrected chi connectivity index (χ0v) is 17.7. The van der Waals surface area contributed by atoms with Crippen LogP contribution in [-0.4, -0.2) is 23.7 Å². The van der Waals surface area contributed by atoms with Crippen molar-refractivity contribution in [3.8, 4) is 5.75 Å². The number of anilines is 1. The zero-order valence-electron chi connectivity index (χ0n) is 16.9. The number of benzene rings is 2. The van der Waals surface area contributed by atoms with E-state index in [1.165, 1.54) is 16.7 Å². The van der Waals surface area contributed by atoms with Gasteiger partial charge in [-0.05, 0) is 55.7 Å². The fraction of sp³-hybridized carbons (Fsp3) is 0.304. The lowest BCUT2D eigenvalue weighted by molar-refractivity contribution is -0.119. The van der Waals surface area contributed by atoms with Gasteiger partial charge in [0.1, 0.15) is 5.75 Å². The minimum atomic E-state index is -0.272. The normalized spacial score (nSPS) is 14.4. The second-order valence-electron chi connectivity index (χ2n) is 6.99. The van der Waals surface area contributed by atoms with E-state index in [9.17, 15) is 9.59 Å². The molecule has 28 heavy (non-hydrogen) atoms. The summed E-state index contributed by atoms with van der Waals surface area (Å²) in [5.41, 5.74) is 3.83. The number of thioether (sulfide) groups is 1. The Hall–Kier alpha value is -2.53. The van der Waals surface area contributed by atoms with E-state index in [1.807, 2.05) is 77.1 Å². The van der Waals surface area contributed by atoms with Crippen molar-refractivity contribution in [2.75, 3.05) is 11.5 Å². The van der Waals surface area contributed by atoms with Crippen LogP contribution in [0.2, 0.25) is 0 Å². The summed E-state index contributed by atoms with van der Waals surface area (Å²) in [6.45, 7) is 10.5. The van der Waals surface area contributed by atoms with Gasteiger partial charge in [-0.15, -0.1) is 11.8 Å². The molecular weight excluding hydrogens is 370 g/mol. The first-order chi connectivity index (χ1) is 13.3. The highest BCUT2D eigenvalue weighted by atomic mass is 32.2. The van der Waals surface area contributed by atoms with Gasteiger partial charge < -0.3 is 4.74 Å². The topological polar surface area (TPSA) is 46.6 Å². The third kappa shape index (κ3) is 3.72. The van der Waals surface area contributed by atoms with E-state index in [2.05, 4.69) is 0 Å². The first kappa shape index (κ1) is 20.2. The predicted molar refractivity (Wildman–Crippen MR) is 116 cm³/mol. The summed E-state index contributed by atoms with van der Waals surface area (Å²) in [5.74, 6) is 0.223. The second kappa shape index (κ2) is 8.23. The minimum Gasteiger partial charge on any atom is -0.494 e. The van der Waals surface area contributed by atoms with E-state index < -0.39 is 0 Å². The quantitative estimate of drug-likeness (QED) is 0.636. The highest BCUT2D eigenvalue weighted by Gasteiger charge is 2.41. The molecule has 0 aromatic heterocycles. The molecule has 3 rings (SSSR count). The molecule has 2 aromatic carbocycles. The van der Waals surface area contributed by atoms with Crippen LogP contribution in [0.1, 0.15) is 37.5 Å². The van der Waals surface area contributed by atoms with Crippen molar-refractivity contribution in [1.29, 1.82) is 0 Å². The van der Waals surface area contributed by atoms with Gasteiger partial charge in [-0.2, -0.15) is 0 Å². The number of aryl methyl sites for hydroxylation is 1. The Morgan fingerprint density at radius 1 is 1.00 bits per heavy atom. The summed E-state index contributed by atoms with van der Waals surface area (Å²) in [6.07, 6.45) is 0. The van der Waals surface area contributed by atoms with Gasteiger partial charge in [0.25, 0.3) is 11.8 Å². The Kier molecular flexibility index (Phi) is 5.94. The van der Waals surface area contributed by atoms with Crippen molar-refractivity contribution in [3.05, 3.63) is 64.1 Å². The van der Waals surface area contributed by atoms with Gasteiger partial charge >= 0.3 is 0 Å². The second-order valence-corrected chi connectivity index (χ2v) is 8.58. The number of nitrogens with zero attached hydrogens (tertiary/aromatic N) is 1. The summed E-state index contributed by atoms with van der Waals surface area (Å²) < 4.78 is 5.50. The molecule has 0 spiro atoms. The Bertz CT molecular complexity index is 945. The van der Waals surface area contributed by atoms with E-state index in [0.717, 1.165) is 22.4 Å². The number of imide groups is 1. The smallest absolute Gasteiger partial charge is 0.272 e. The lowest BCUT2D eigenvalue weighted by Crippen LogP contribution is -2.32. The van der Waals surface area contributed by atoms with Crippen LogP contribution in [0.5, 0.6) is 5.75 Å². The molecule has 0 N–H and O–H groups in total. The van der Waals surface area contributed by atoms with Crippen molar-refractivity contribution in [2.24, 2.45) is 0 Å². The average molecular weight is 396 g/mol. The van der Waals surface area contributed by atoms with E-state index >= 15 is 0 Å². The molecule has 4 nitrogen and oxygen atoms in total. The zero-order chi connectivity index (χ0) is 20.4. The molecule has 5 heteroatoms. The summed E-state index contributed by atoms with van der Waals surface area (Å²) >= 11 is 1.44. The number of amides is 2. The van der Waals surface area contributed by atoms with Crippen molar-refractivity contribution >= 4 is 34.8 Å². The Balaban J connectivity index is 2.09. The van der Waals surface area contributed by atoms with E-state index in [0.29, 0.717) is 22.8 Å². The molecule has 0 atom stereocenters. The minimum absolute atomic E-state index is 0.183. The highest BCUT2D eigenvalue weighted by Crippen LogP contribution is 2.41. The molecule has 2 aromatic rings. The van der Waals surface area contributed by atoms with Crippen molar-refractivity contribution in [2.45, 2.75) is 39.9 Å². The molecule has 0 saturated heterocycles. The molecule has 0 radical (unpaired) electrons. The Morgan fingerprint density at radius 2 is 1.68 bits per heavy atom. The van der Waals surface area contributed by atoms with Gasteiger partial charge in [-0.1, -0.05) is 38.1 Å². The molecule has 1 aliphatic rings. The van der Waals surface area contributed by atoms with Crippen LogP contribution in [-0.2, 0) is 9.59 Å². The fourth-order valence-electron chi connectivity index (χ4n) is 3.19. The lowest BCUT2D eigenvalue weighted by Gasteiger charge is -2.19. The number of ether oxygens (including phenoxy) is 1. The third-order valence-electron chi connectivity index (χ3n) is 4.67. The van der Waals surface area contributed by atoms with Gasteiger partial charge in [-0.3, -0.25) is 9.59 Å². The molecule has 1 aliphatic heterocycles. The molecule has 2 amide bonds. The molecule has 0 fully saturated rings. The van der Waals surface area contributed by atoms with Crippen LogP contribution in [0.4, 0.5) is 5.69 Å². The Labute approximate surface area is 170 Å². The van der Waals surface area contributed by atoms with Crippen molar-refractivity contribution < 1.29 is 14.3 Å². The molecular formula is C23H25NO3S. The molecule has 0 aliphatic carbocycles. The predicted octanol–water partition coefficient (Wildman–Crippen LogP) is 5.13. The molecule has 0 saturated carbocycles. The largest absolute Gasteiger partial charge is 0.494 e. The van der Waals surface area contributed by atoms with Gasteiger partial charge in [0.2, 0.25) is 0 Å². The van der Waals surface area contributed by atoms with Gasteiger partial charge in [0, 0.05) is 5.25 Å². The monoisotopic (exact) mass is 395 g/mol. The van der Waals surface area contributed by atoms with Crippen LogP contribution in [0.15, 0.2) is 47.4 Å². The summed E-state index contributed by atoms with van der Waals surface area (Å²) in [7, 11) is 0. The van der Waals surface area contributed by atoms with E-state index in [-0.39, 0.29) is 17.1 Å². The maximum Gasteiger partial charge on any atom is 0.272 e. The third-order valence-corrected chi connectivity index (χ3v) is 5.75. The standard InChI is InChI=1S/C23H25NO3S/c1-6-27-18-12-10-17(11-13-18)20-21(28-14(2)3)23(26)24(22(20)25)19-9-7-8-15(4)16(19)5/h7-14H,6H2,1-5H3. The molecule has 0 unspecified atom stereocenters. The van der Waals surface area contributed by atoms with E-state index in [4.69, 9.17) is 4.74 Å². The Morgan fingerprint density at radius 3 is 2.29 bits per heavy atom. The van der Waals surface area contributed by atoms with Crippen molar-refractivity contribution in [3.63, 3.8) is 0 Å². The van der Waals surface area contributed by atoms with Crippen LogP contribution < -0.4 is 9.64 Å². The number of carbonyl (C=O) groups excluding carboxylic acids is 2. The first-order valence-electron chi connectivity index (χ1n) is 9.44. The van der Waals surface area contributed by atoms with Gasteiger partial charge in [-0.25, -0.2) is 4.90 Å². The van der Waals surface area contributed by atoms with Gasteiger partial charge in [0.05, 0.1) is 22.8 Å². The van der Waals surface area contributed by atoms with Crippen LogP contribution in [0, 0.1) is 13.8 Å². The summed E-state index contributed by atoms with van der Waals surface area (Å²) in [6, 6.07) is 13.1. The van der Waals surface area contributed by atoms with Crippen LogP contribution >= 0.6 is 11.8 Å². The van der Waals surface area contributed by atoms with E-state index in [1.54, 1.807) is 0 Å². The molecule has 1 heterocycles. The highest BCUT2D eigenvalue weighted by molar-refractivity contribution is 8.04. The first-order valence-corrected chi connectivity index (χ1v) is 10.3. The average Bonchev–Trinajstić information content (AvgIpc) is 2.88. The summed E-state index contributed by atoms with van der Waals surface area (Å²) in [5, 5.41) is 0.183. The number of rotatable bonds is 6. The van der Waals surface area contributed by atoms with Crippen LogP contribution in [0.3, 0.4) is 0 Å². The molecule has 146 valence electrons. The maximum atomic E-state index is 13.4. The number of hydrogen-bond donors (Lipinski definition) is 0. The fourth-order valence-corrected chi connectivity index (χ4v) is 4.18. The molecule has 0 bridgehead atoms. The van der Waals surface area contributed by atoms with Gasteiger partial charge in [0.15, 0.2) is 0 Å².